The van der Waals surface area contributed by atoms with Gasteiger partial charge in [-0.25, -0.2) is 9.97 Å². The Bertz CT molecular complexity index is 3590. The zero-order valence-corrected chi connectivity index (χ0v) is 34.8. The van der Waals surface area contributed by atoms with Crippen LogP contribution in [0.3, 0.4) is 0 Å². The Kier molecular flexibility index (Phi) is 8.95. The average molecular weight is 818 g/mol. The van der Waals surface area contributed by atoms with Crippen molar-refractivity contribution in [1.29, 1.82) is 5.26 Å². The van der Waals surface area contributed by atoms with Crippen molar-refractivity contribution in [2.24, 2.45) is 0 Å². The van der Waals surface area contributed by atoms with E-state index in [0.29, 0.717) is 11.4 Å². The normalized spacial score (nSPS) is 13.6. The van der Waals surface area contributed by atoms with Crippen molar-refractivity contribution in [2.45, 2.75) is 12.3 Å². The van der Waals surface area contributed by atoms with Crippen LogP contribution >= 0.6 is 0 Å². The van der Waals surface area contributed by atoms with Crippen LogP contribution < -0.4 is 0 Å². The summed E-state index contributed by atoms with van der Waals surface area (Å²) in [5, 5.41) is 14.8. The van der Waals surface area contributed by atoms with Crippen LogP contribution in [0.25, 0.3) is 100 Å². The standard InChI is InChI=1S/C59H39N5/c60-38-39-29-31-56-50(33-39)51-36-45(63-54-27-15-13-25-46(54)47-26-14-16-28-55(47)63)30-32-57(51)64(56)58-48(40-17-5-1-6-18-40)34-44(35-49(58)41-19-7-2-8-20-41)59-61-52(42-21-9-3-10-22-42)37-53(62-59)43-23-11-4-12-24-43/h1-19,21-37,41H,20H2. The SMILES string of the molecule is N#Cc1ccc2c(c1)c1cc(-n3c4ccccc4c4ccccc43)ccc1n2-c1c(-c2ccccc2)cc(-c2nc(-c3ccccc3)cc(-c3ccccc3)n2)cc1C1C=CC=CC1. The number of nitrogens with zero attached hydrogens (tertiary/aromatic N) is 5. The lowest BCUT2D eigenvalue weighted by atomic mass is 9.86. The van der Waals surface area contributed by atoms with E-state index < -0.39 is 0 Å². The fraction of sp³-hybridized carbons (Fsp3) is 0.0339. The summed E-state index contributed by atoms with van der Waals surface area (Å²) in [6.45, 7) is 0. The van der Waals surface area contributed by atoms with Gasteiger partial charge in [-0.15, -0.1) is 0 Å². The van der Waals surface area contributed by atoms with Gasteiger partial charge in [0.05, 0.1) is 50.8 Å². The van der Waals surface area contributed by atoms with Crippen molar-refractivity contribution in [3.8, 4) is 62.5 Å². The first-order chi connectivity index (χ1) is 31.7. The highest BCUT2D eigenvalue weighted by atomic mass is 15.0. The Morgan fingerprint density at radius 3 is 1.64 bits per heavy atom. The van der Waals surface area contributed by atoms with E-state index in [9.17, 15) is 5.26 Å². The van der Waals surface area contributed by atoms with Crippen LogP contribution in [0.2, 0.25) is 0 Å². The monoisotopic (exact) mass is 817 g/mol. The van der Waals surface area contributed by atoms with E-state index in [1.807, 2.05) is 18.2 Å². The molecule has 0 saturated carbocycles. The Labute approximate surface area is 370 Å². The number of hydrogen-bond donors (Lipinski definition) is 0. The molecule has 12 rings (SSSR count). The molecule has 11 aromatic rings. The molecule has 5 heteroatoms. The number of fused-ring (bicyclic) bond motifs is 6. The molecule has 1 unspecified atom stereocenters. The second-order valence-electron chi connectivity index (χ2n) is 16.4. The van der Waals surface area contributed by atoms with Crippen LogP contribution in [0.1, 0.15) is 23.5 Å². The van der Waals surface area contributed by atoms with Gasteiger partial charge in [0, 0.05) is 55.4 Å². The van der Waals surface area contributed by atoms with Gasteiger partial charge in [0.15, 0.2) is 5.82 Å². The Balaban J connectivity index is 1.16. The van der Waals surface area contributed by atoms with Crippen molar-refractivity contribution in [3.63, 3.8) is 0 Å². The number of rotatable bonds is 7. The minimum absolute atomic E-state index is 0.0658. The van der Waals surface area contributed by atoms with Crippen LogP contribution in [0.4, 0.5) is 0 Å². The van der Waals surface area contributed by atoms with Crippen LogP contribution in [0.5, 0.6) is 0 Å². The molecule has 1 atom stereocenters. The summed E-state index contributed by atoms with van der Waals surface area (Å²) in [6, 6.07) is 70.7. The Morgan fingerprint density at radius 2 is 1.03 bits per heavy atom. The van der Waals surface area contributed by atoms with Crippen LogP contribution in [0.15, 0.2) is 218 Å². The van der Waals surface area contributed by atoms with E-state index in [0.717, 1.165) is 89.8 Å². The lowest BCUT2D eigenvalue weighted by Crippen LogP contribution is -2.08. The third-order valence-corrected chi connectivity index (χ3v) is 12.7. The van der Waals surface area contributed by atoms with Crippen molar-refractivity contribution < 1.29 is 0 Å². The third-order valence-electron chi connectivity index (χ3n) is 12.7. The van der Waals surface area contributed by atoms with Gasteiger partial charge < -0.3 is 9.13 Å². The lowest BCUT2D eigenvalue weighted by molar-refractivity contribution is 0.844. The number of aromatic nitrogens is 4. The molecule has 0 saturated heterocycles. The van der Waals surface area contributed by atoms with E-state index in [-0.39, 0.29) is 5.92 Å². The molecule has 0 bridgehead atoms. The van der Waals surface area contributed by atoms with Gasteiger partial charge >= 0.3 is 0 Å². The van der Waals surface area contributed by atoms with E-state index in [2.05, 4.69) is 215 Å². The molecular weight excluding hydrogens is 779 g/mol. The van der Waals surface area contributed by atoms with Crippen LogP contribution in [0, 0.1) is 11.3 Å². The summed E-state index contributed by atoms with van der Waals surface area (Å²) in [7, 11) is 0. The zero-order valence-electron chi connectivity index (χ0n) is 34.8. The van der Waals surface area contributed by atoms with Crippen molar-refractivity contribution in [1.82, 2.24) is 19.1 Å². The second-order valence-corrected chi connectivity index (χ2v) is 16.4. The van der Waals surface area contributed by atoms with Crippen LogP contribution in [-0.2, 0) is 0 Å². The molecule has 1 aliphatic carbocycles. The molecule has 0 aliphatic heterocycles. The molecule has 1 aliphatic rings. The first-order valence-corrected chi connectivity index (χ1v) is 21.7. The molecule has 3 aromatic heterocycles. The topological polar surface area (TPSA) is 59.4 Å². The molecular formula is C59H39N5. The summed E-state index contributed by atoms with van der Waals surface area (Å²) in [5.41, 5.74) is 15.2. The number of hydrogen-bond acceptors (Lipinski definition) is 3. The summed E-state index contributed by atoms with van der Waals surface area (Å²) in [6.07, 6.45) is 9.71. The van der Waals surface area contributed by atoms with Crippen molar-refractivity contribution in [2.75, 3.05) is 0 Å². The molecule has 3 heterocycles. The van der Waals surface area contributed by atoms with E-state index in [1.54, 1.807) is 0 Å². The van der Waals surface area contributed by atoms with Gasteiger partial charge in [0.25, 0.3) is 0 Å². The van der Waals surface area contributed by atoms with Gasteiger partial charge in [-0.2, -0.15) is 5.26 Å². The van der Waals surface area contributed by atoms with Crippen molar-refractivity contribution >= 4 is 43.6 Å². The fourth-order valence-corrected chi connectivity index (χ4v) is 9.72. The summed E-state index contributed by atoms with van der Waals surface area (Å²) in [4.78, 5) is 10.7. The maximum absolute atomic E-state index is 10.3. The Hall–Kier alpha value is -8.59. The van der Waals surface area contributed by atoms with Gasteiger partial charge in [-0.3, -0.25) is 0 Å². The first kappa shape index (κ1) is 37.2. The maximum Gasteiger partial charge on any atom is 0.160 e. The number of allylic oxidation sites excluding steroid dienone is 4. The maximum atomic E-state index is 10.3. The molecule has 5 nitrogen and oxygen atoms in total. The number of benzene rings is 8. The molecule has 0 spiro atoms. The van der Waals surface area contributed by atoms with E-state index in [1.165, 1.54) is 16.3 Å². The van der Waals surface area contributed by atoms with E-state index >= 15 is 0 Å². The second kappa shape index (κ2) is 15.4. The predicted octanol–water partition coefficient (Wildman–Crippen LogP) is 14.8. The van der Waals surface area contributed by atoms with Gasteiger partial charge in [-0.1, -0.05) is 152 Å². The summed E-state index contributed by atoms with van der Waals surface area (Å²) >= 11 is 0. The summed E-state index contributed by atoms with van der Waals surface area (Å²) < 4.78 is 4.80. The smallest absolute Gasteiger partial charge is 0.160 e. The van der Waals surface area contributed by atoms with Crippen molar-refractivity contribution in [3.05, 3.63) is 230 Å². The number of para-hydroxylation sites is 2. The van der Waals surface area contributed by atoms with Crippen LogP contribution in [-0.4, -0.2) is 19.1 Å². The van der Waals surface area contributed by atoms with Gasteiger partial charge in [0.2, 0.25) is 0 Å². The highest BCUT2D eigenvalue weighted by Gasteiger charge is 2.26. The fourth-order valence-electron chi connectivity index (χ4n) is 9.72. The zero-order chi connectivity index (χ0) is 42.6. The molecule has 0 amide bonds. The highest BCUT2D eigenvalue weighted by molar-refractivity contribution is 6.13. The van der Waals surface area contributed by atoms with Gasteiger partial charge in [-0.05, 0) is 84.3 Å². The molecule has 0 N–H and O–H groups in total. The minimum Gasteiger partial charge on any atom is -0.309 e. The average Bonchev–Trinajstić information content (AvgIpc) is 3.88. The minimum atomic E-state index is 0.0658. The number of nitriles is 1. The molecule has 64 heavy (non-hydrogen) atoms. The third kappa shape index (κ3) is 6.23. The van der Waals surface area contributed by atoms with Gasteiger partial charge in [0.1, 0.15) is 0 Å². The first-order valence-electron chi connectivity index (χ1n) is 21.7. The quantitative estimate of drug-likeness (QED) is 0.161. The Morgan fingerprint density at radius 1 is 0.469 bits per heavy atom. The summed E-state index contributed by atoms with van der Waals surface area (Å²) in [5.74, 6) is 0.730. The largest absolute Gasteiger partial charge is 0.309 e. The molecule has 0 radical (unpaired) electrons. The highest BCUT2D eigenvalue weighted by Crippen LogP contribution is 2.45. The molecule has 0 fully saturated rings. The lowest BCUT2D eigenvalue weighted by Gasteiger charge is -2.25. The molecule has 8 aromatic carbocycles. The molecule has 300 valence electrons. The van der Waals surface area contributed by atoms with E-state index in [4.69, 9.17) is 9.97 Å². The predicted molar refractivity (Wildman–Crippen MR) is 263 cm³/mol.